The Morgan fingerprint density at radius 2 is 2.24 bits per heavy atom. The van der Waals surface area contributed by atoms with Gasteiger partial charge >= 0.3 is 0 Å². The maximum absolute atomic E-state index is 13.5. The fourth-order valence-corrected chi connectivity index (χ4v) is 2.20. The second-order valence-corrected chi connectivity index (χ2v) is 5.42. The summed E-state index contributed by atoms with van der Waals surface area (Å²) in [5.74, 6) is -0.708. The molecule has 7 heteroatoms. The van der Waals surface area contributed by atoms with Crippen LogP contribution < -0.4 is 10.1 Å². The molecule has 1 aromatic carbocycles. The molecule has 0 radical (unpaired) electrons. The third kappa shape index (κ3) is 3.92. The maximum atomic E-state index is 13.5. The van der Waals surface area contributed by atoms with Gasteiger partial charge in [-0.05, 0) is 39.7 Å². The average Bonchev–Trinajstić information content (AvgIpc) is 2.47. The van der Waals surface area contributed by atoms with Crippen LogP contribution in [-0.2, 0) is 6.54 Å². The van der Waals surface area contributed by atoms with Crippen LogP contribution >= 0.6 is 27.5 Å². The molecule has 1 heterocycles. The van der Waals surface area contributed by atoms with E-state index in [2.05, 4.69) is 26.2 Å². The van der Waals surface area contributed by atoms with Crippen molar-refractivity contribution in [3.05, 3.63) is 57.0 Å². The Morgan fingerprint density at radius 1 is 1.48 bits per heavy atom. The van der Waals surface area contributed by atoms with Gasteiger partial charge in [-0.25, -0.2) is 9.37 Å². The van der Waals surface area contributed by atoms with Gasteiger partial charge in [-0.2, -0.15) is 0 Å². The van der Waals surface area contributed by atoms with Gasteiger partial charge in [0, 0.05) is 17.2 Å². The maximum Gasteiger partial charge on any atom is 0.254 e. The van der Waals surface area contributed by atoms with E-state index in [1.54, 1.807) is 12.1 Å². The van der Waals surface area contributed by atoms with Crippen LogP contribution in [0, 0.1) is 5.82 Å². The Kier molecular flexibility index (Phi) is 5.14. The number of ether oxygens (including phenoxy) is 1. The highest BCUT2D eigenvalue weighted by Crippen LogP contribution is 2.19. The number of amides is 1. The fourth-order valence-electron chi connectivity index (χ4n) is 1.68. The van der Waals surface area contributed by atoms with E-state index in [0.717, 1.165) is 0 Å². The van der Waals surface area contributed by atoms with Gasteiger partial charge in [0.15, 0.2) is 11.6 Å². The first-order chi connectivity index (χ1) is 10.0. The number of nitrogens with one attached hydrogen (secondary N) is 1. The molecule has 0 aliphatic carbocycles. The van der Waals surface area contributed by atoms with Crippen LogP contribution in [0.25, 0.3) is 0 Å². The molecule has 0 aliphatic heterocycles. The lowest BCUT2D eigenvalue weighted by atomic mass is 10.2. The third-order valence-electron chi connectivity index (χ3n) is 2.72. The molecule has 0 spiro atoms. The van der Waals surface area contributed by atoms with Crippen LogP contribution in [0.1, 0.15) is 15.9 Å². The van der Waals surface area contributed by atoms with Gasteiger partial charge in [0.25, 0.3) is 5.91 Å². The van der Waals surface area contributed by atoms with Gasteiger partial charge in [0.05, 0.1) is 12.7 Å². The highest BCUT2D eigenvalue weighted by atomic mass is 79.9. The van der Waals surface area contributed by atoms with E-state index in [1.165, 1.54) is 25.4 Å². The number of halogens is 3. The predicted molar refractivity (Wildman–Crippen MR) is 81.1 cm³/mol. The number of carbonyl (C=O) groups is 1. The number of nitrogens with zero attached hydrogens (tertiary/aromatic N) is 1. The SMILES string of the molecule is COc1ccc(CNC(=O)c2cc(Br)cnc2Cl)cc1F. The Labute approximate surface area is 134 Å². The smallest absolute Gasteiger partial charge is 0.254 e. The molecule has 0 atom stereocenters. The summed E-state index contributed by atoms with van der Waals surface area (Å²) in [5.41, 5.74) is 0.862. The highest BCUT2D eigenvalue weighted by Gasteiger charge is 2.12. The minimum atomic E-state index is -0.480. The summed E-state index contributed by atoms with van der Waals surface area (Å²) in [6.07, 6.45) is 1.50. The summed E-state index contributed by atoms with van der Waals surface area (Å²) in [6, 6.07) is 6.05. The van der Waals surface area contributed by atoms with Crippen molar-refractivity contribution in [2.24, 2.45) is 0 Å². The van der Waals surface area contributed by atoms with E-state index >= 15 is 0 Å². The van der Waals surface area contributed by atoms with Crippen molar-refractivity contribution in [1.29, 1.82) is 0 Å². The number of hydrogen-bond donors (Lipinski definition) is 1. The first kappa shape index (κ1) is 15.7. The Hall–Kier alpha value is -1.66. The molecule has 1 aromatic heterocycles. The number of aromatic nitrogens is 1. The molecule has 0 saturated carbocycles. The number of pyridine rings is 1. The van der Waals surface area contributed by atoms with Gasteiger partial charge in [-0.1, -0.05) is 17.7 Å². The number of hydrogen-bond acceptors (Lipinski definition) is 3. The molecule has 0 fully saturated rings. The second-order valence-electron chi connectivity index (χ2n) is 4.14. The van der Waals surface area contributed by atoms with Gasteiger partial charge in [0.1, 0.15) is 5.15 Å². The zero-order chi connectivity index (χ0) is 15.4. The normalized spacial score (nSPS) is 10.3. The van der Waals surface area contributed by atoms with Gasteiger partial charge in [0.2, 0.25) is 0 Å². The lowest BCUT2D eigenvalue weighted by Gasteiger charge is -2.08. The average molecular weight is 374 g/mol. The van der Waals surface area contributed by atoms with Gasteiger partial charge in [-0.15, -0.1) is 0 Å². The second kappa shape index (κ2) is 6.87. The van der Waals surface area contributed by atoms with Crippen LogP contribution in [0.2, 0.25) is 5.15 Å². The largest absolute Gasteiger partial charge is 0.494 e. The first-order valence-electron chi connectivity index (χ1n) is 5.93. The van der Waals surface area contributed by atoms with Crippen LogP contribution in [0.15, 0.2) is 34.9 Å². The first-order valence-corrected chi connectivity index (χ1v) is 7.10. The summed E-state index contributed by atoms with van der Waals surface area (Å²) in [5, 5.41) is 2.76. The van der Waals surface area contributed by atoms with Crippen molar-refractivity contribution in [3.8, 4) is 5.75 Å². The molecule has 2 aromatic rings. The van der Waals surface area contributed by atoms with E-state index in [9.17, 15) is 9.18 Å². The predicted octanol–water partition coefficient (Wildman–Crippen LogP) is 3.58. The van der Waals surface area contributed by atoms with Crippen molar-refractivity contribution in [2.45, 2.75) is 6.54 Å². The molecule has 1 amide bonds. The zero-order valence-electron chi connectivity index (χ0n) is 11.0. The van der Waals surface area contributed by atoms with Crippen molar-refractivity contribution >= 4 is 33.4 Å². The Balaban J connectivity index is 2.07. The Bertz CT molecular complexity index is 682. The van der Waals surface area contributed by atoms with Gasteiger partial charge in [-0.3, -0.25) is 4.79 Å². The quantitative estimate of drug-likeness (QED) is 0.834. The number of carbonyl (C=O) groups excluding carboxylic acids is 1. The number of rotatable bonds is 4. The van der Waals surface area contributed by atoms with Crippen LogP contribution in [-0.4, -0.2) is 18.0 Å². The molecule has 2 rings (SSSR count). The summed E-state index contributed by atoms with van der Waals surface area (Å²) < 4.78 is 19.0. The summed E-state index contributed by atoms with van der Waals surface area (Å²) in [4.78, 5) is 15.9. The van der Waals surface area contributed by atoms with E-state index in [1.807, 2.05) is 0 Å². The lowest BCUT2D eigenvalue weighted by Crippen LogP contribution is -2.23. The summed E-state index contributed by atoms with van der Waals surface area (Å²) >= 11 is 9.09. The number of benzene rings is 1. The molecule has 110 valence electrons. The molecule has 4 nitrogen and oxygen atoms in total. The van der Waals surface area contributed by atoms with Crippen LogP contribution in [0.5, 0.6) is 5.75 Å². The van der Waals surface area contributed by atoms with E-state index < -0.39 is 5.82 Å². The van der Waals surface area contributed by atoms with E-state index in [4.69, 9.17) is 16.3 Å². The number of methoxy groups -OCH3 is 1. The minimum absolute atomic E-state index is 0.108. The lowest BCUT2D eigenvalue weighted by molar-refractivity contribution is 0.0950. The topological polar surface area (TPSA) is 51.2 Å². The molecule has 1 N–H and O–H groups in total. The van der Waals surface area contributed by atoms with Crippen molar-refractivity contribution in [3.63, 3.8) is 0 Å². The van der Waals surface area contributed by atoms with Gasteiger partial charge < -0.3 is 10.1 Å². The minimum Gasteiger partial charge on any atom is -0.494 e. The standard InChI is InChI=1S/C14H11BrClFN2O2/c1-21-12-3-2-8(4-11(12)17)6-19-14(20)10-5-9(15)7-18-13(10)16/h2-5,7H,6H2,1H3,(H,19,20). The fraction of sp³-hybridized carbons (Fsp3) is 0.143. The summed E-state index contributed by atoms with van der Waals surface area (Å²) in [7, 11) is 1.39. The van der Waals surface area contributed by atoms with Crippen molar-refractivity contribution < 1.29 is 13.9 Å². The van der Waals surface area contributed by atoms with Crippen molar-refractivity contribution in [2.75, 3.05) is 7.11 Å². The molecule has 21 heavy (non-hydrogen) atoms. The summed E-state index contributed by atoms with van der Waals surface area (Å²) in [6.45, 7) is 0.169. The monoisotopic (exact) mass is 372 g/mol. The van der Waals surface area contributed by atoms with Crippen molar-refractivity contribution in [1.82, 2.24) is 10.3 Å². The molecule has 0 bridgehead atoms. The zero-order valence-corrected chi connectivity index (χ0v) is 13.3. The van der Waals surface area contributed by atoms with Crippen LogP contribution in [0.4, 0.5) is 4.39 Å². The molecule has 0 aliphatic rings. The van der Waals surface area contributed by atoms with E-state index in [-0.39, 0.29) is 28.9 Å². The molecule has 0 saturated heterocycles. The highest BCUT2D eigenvalue weighted by molar-refractivity contribution is 9.10. The third-order valence-corrected chi connectivity index (χ3v) is 3.45. The molecule has 0 unspecified atom stereocenters. The van der Waals surface area contributed by atoms with E-state index in [0.29, 0.717) is 10.0 Å². The molecular weight excluding hydrogens is 363 g/mol. The Morgan fingerprint density at radius 3 is 2.90 bits per heavy atom. The molecular formula is C14H11BrClFN2O2. The van der Waals surface area contributed by atoms with Crippen LogP contribution in [0.3, 0.4) is 0 Å².